The van der Waals surface area contributed by atoms with Crippen LogP contribution < -0.4 is 10.6 Å². The molecule has 1 aromatic carbocycles. The molecule has 2 N–H and O–H groups in total. The minimum atomic E-state index is -0.288. The highest BCUT2D eigenvalue weighted by molar-refractivity contribution is 6.03. The Balaban J connectivity index is 2.13. The number of nitrogens with one attached hydrogen (secondary N) is 2. The van der Waals surface area contributed by atoms with Gasteiger partial charge in [0, 0.05) is 18.4 Å². The maximum Gasteiger partial charge on any atom is 0.274 e. The van der Waals surface area contributed by atoms with E-state index >= 15 is 0 Å². The lowest BCUT2D eigenvalue weighted by Crippen LogP contribution is -2.17. The summed E-state index contributed by atoms with van der Waals surface area (Å²) in [5.74, 6) is -0.288. The van der Waals surface area contributed by atoms with Crippen molar-refractivity contribution >= 4 is 11.6 Å². The summed E-state index contributed by atoms with van der Waals surface area (Å²) in [6.07, 6.45) is 1.39. The first kappa shape index (κ1) is 14.7. The number of anilines is 1. The van der Waals surface area contributed by atoms with Crippen molar-refractivity contribution in [1.29, 1.82) is 5.26 Å². The summed E-state index contributed by atoms with van der Waals surface area (Å²) in [6.45, 7) is 3.58. The first-order valence-corrected chi connectivity index (χ1v) is 6.70. The van der Waals surface area contributed by atoms with Gasteiger partial charge in [0.25, 0.3) is 5.91 Å². The van der Waals surface area contributed by atoms with Crippen molar-refractivity contribution < 1.29 is 4.79 Å². The summed E-state index contributed by atoms with van der Waals surface area (Å²) in [6, 6.07) is 12.7. The average Bonchev–Trinajstić information content (AvgIpc) is 2.54. The first-order valence-electron chi connectivity index (χ1n) is 6.70. The van der Waals surface area contributed by atoms with Crippen molar-refractivity contribution in [2.75, 3.05) is 11.9 Å². The lowest BCUT2D eigenvalue weighted by atomic mass is 10.1. The number of amides is 1. The van der Waals surface area contributed by atoms with E-state index in [4.69, 9.17) is 5.26 Å². The highest BCUT2D eigenvalue weighted by Gasteiger charge is 2.10. The molecule has 0 aliphatic carbocycles. The van der Waals surface area contributed by atoms with Gasteiger partial charge in [-0.15, -0.1) is 0 Å². The number of carbonyl (C=O) groups is 1. The molecule has 2 aromatic rings. The van der Waals surface area contributed by atoms with E-state index in [1.54, 1.807) is 12.1 Å². The van der Waals surface area contributed by atoms with Gasteiger partial charge in [-0.05, 0) is 30.3 Å². The molecule has 0 radical (unpaired) electrons. The number of nitriles is 1. The van der Waals surface area contributed by atoms with Crippen molar-refractivity contribution in [3.8, 4) is 6.07 Å². The molecule has 1 amide bonds. The number of para-hydroxylation sites is 1. The molecule has 0 spiro atoms. The molecule has 0 saturated carbocycles. The normalized spacial score (nSPS) is 9.90. The summed E-state index contributed by atoms with van der Waals surface area (Å²) < 4.78 is 0. The molecule has 1 aromatic heterocycles. The topological polar surface area (TPSA) is 77.8 Å². The molecule has 0 bridgehead atoms. The molecule has 106 valence electrons. The Bertz CT molecular complexity index is 659. The van der Waals surface area contributed by atoms with Gasteiger partial charge in [0.1, 0.15) is 11.8 Å². The molecule has 0 saturated heterocycles. The van der Waals surface area contributed by atoms with Gasteiger partial charge in [-0.2, -0.15) is 5.26 Å². The fourth-order valence-electron chi connectivity index (χ4n) is 1.84. The number of carbonyl (C=O) groups excluding carboxylic acids is 1. The van der Waals surface area contributed by atoms with E-state index in [1.807, 2.05) is 37.3 Å². The number of nitrogens with zero attached hydrogens (tertiary/aromatic N) is 2. The van der Waals surface area contributed by atoms with Gasteiger partial charge in [-0.3, -0.25) is 4.79 Å². The van der Waals surface area contributed by atoms with Gasteiger partial charge < -0.3 is 10.6 Å². The average molecular weight is 280 g/mol. The van der Waals surface area contributed by atoms with Crippen LogP contribution in [0.1, 0.15) is 28.5 Å². The quantitative estimate of drug-likeness (QED) is 0.881. The maximum absolute atomic E-state index is 12.2. The zero-order chi connectivity index (χ0) is 15.1. The molecule has 0 aliphatic heterocycles. The molecule has 1 heterocycles. The van der Waals surface area contributed by atoms with Crippen LogP contribution in [0.25, 0.3) is 0 Å². The highest BCUT2D eigenvalue weighted by atomic mass is 16.1. The van der Waals surface area contributed by atoms with Crippen LogP contribution in [-0.2, 0) is 6.54 Å². The minimum absolute atomic E-state index is 0.284. The van der Waals surface area contributed by atoms with Crippen LogP contribution >= 0.6 is 0 Å². The number of aromatic nitrogens is 1. The Morgan fingerprint density at radius 3 is 2.76 bits per heavy atom. The third-order valence-electron chi connectivity index (χ3n) is 2.96. The van der Waals surface area contributed by atoms with Crippen LogP contribution in [0.2, 0.25) is 0 Å². The molecular formula is C16H16N4O. The van der Waals surface area contributed by atoms with Crippen LogP contribution in [0.15, 0.2) is 42.6 Å². The summed E-state index contributed by atoms with van der Waals surface area (Å²) >= 11 is 0. The van der Waals surface area contributed by atoms with E-state index in [0.29, 0.717) is 12.1 Å². The van der Waals surface area contributed by atoms with Crippen molar-refractivity contribution in [2.24, 2.45) is 0 Å². The minimum Gasteiger partial charge on any atom is -0.320 e. The number of rotatable bonds is 5. The Hall–Kier alpha value is -2.71. The van der Waals surface area contributed by atoms with E-state index in [1.165, 1.54) is 6.20 Å². The maximum atomic E-state index is 12.2. The monoisotopic (exact) mass is 280 g/mol. The van der Waals surface area contributed by atoms with Crippen molar-refractivity contribution in [3.05, 3.63) is 59.4 Å². The molecule has 5 heteroatoms. The van der Waals surface area contributed by atoms with Gasteiger partial charge in [-0.1, -0.05) is 25.1 Å². The number of hydrogen-bond donors (Lipinski definition) is 2. The molecule has 21 heavy (non-hydrogen) atoms. The summed E-state index contributed by atoms with van der Waals surface area (Å²) in [4.78, 5) is 16.2. The van der Waals surface area contributed by atoms with Crippen molar-refractivity contribution in [1.82, 2.24) is 10.3 Å². The molecule has 0 aliphatic rings. The van der Waals surface area contributed by atoms with Gasteiger partial charge in [0.2, 0.25) is 0 Å². The largest absolute Gasteiger partial charge is 0.320 e. The van der Waals surface area contributed by atoms with Crippen LogP contribution in [0.4, 0.5) is 5.69 Å². The third kappa shape index (κ3) is 3.88. The number of pyridine rings is 1. The summed E-state index contributed by atoms with van der Waals surface area (Å²) in [5, 5.41) is 14.8. The molecular weight excluding hydrogens is 264 g/mol. The molecule has 0 atom stereocenters. The Morgan fingerprint density at radius 2 is 2.10 bits per heavy atom. The number of benzene rings is 1. The second-order valence-electron chi connectivity index (χ2n) is 4.44. The third-order valence-corrected chi connectivity index (χ3v) is 2.96. The second kappa shape index (κ2) is 7.17. The van der Waals surface area contributed by atoms with Crippen LogP contribution in [0, 0.1) is 11.3 Å². The second-order valence-corrected chi connectivity index (χ2v) is 4.44. The molecule has 0 unspecified atom stereocenters. The van der Waals surface area contributed by atoms with Crippen LogP contribution in [-0.4, -0.2) is 17.4 Å². The number of hydrogen-bond acceptors (Lipinski definition) is 4. The van der Waals surface area contributed by atoms with Crippen LogP contribution in [0.5, 0.6) is 0 Å². The SMILES string of the molecule is CCNCc1ccccc1NC(=O)c1ccc(C#N)cn1. The van der Waals surface area contributed by atoms with E-state index in [0.717, 1.165) is 17.8 Å². The fraction of sp³-hybridized carbons (Fsp3) is 0.188. The summed E-state index contributed by atoms with van der Waals surface area (Å²) in [7, 11) is 0. The Labute approximate surface area is 123 Å². The van der Waals surface area contributed by atoms with E-state index in [-0.39, 0.29) is 11.6 Å². The zero-order valence-corrected chi connectivity index (χ0v) is 11.8. The first-order chi connectivity index (χ1) is 10.2. The fourth-order valence-corrected chi connectivity index (χ4v) is 1.84. The summed E-state index contributed by atoms with van der Waals surface area (Å²) in [5.41, 5.74) is 2.49. The van der Waals surface area contributed by atoms with E-state index in [9.17, 15) is 4.79 Å². The van der Waals surface area contributed by atoms with Gasteiger partial charge in [-0.25, -0.2) is 4.98 Å². The molecule has 0 fully saturated rings. The predicted octanol–water partition coefficient (Wildman–Crippen LogP) is 2.32. The smallest absolute Gasteiger partial charge is 0.274 e. The van der Waals surface area contributed by atoms with E-state index < -0.39 is 0 Å². The van der Waals surface area contributed by atoms with Crippen molar-refractivity contribution in [3.63, 3.8) is 0 Å². The standard InChI is InChI=1S/C16H16N4O/c1-2-18-11-13-5-3-4-6-14(13)20-16(21)15-8-7-12(9-17)10-19-15/h3-8,10,18H,2,11H2,1H3,(H,20,21). The van der Waals surface area contributed by atoms with Gasteiger partial charge in [0.05, 0.1) is 5.56 Å². The lowest BCUT2D eigenvalue weighted by molar-refractivity contribution is 0.102. The van der Waals surface area contributed by atoms with E-state index in [2.05, 4.69) is 15.6 Å². The molecule has 5 nitrogen and oxygen atoms in total. The van der Waals surface area contributed by atoms with Gasteiger partial charge in [0.15, 0.2) is 0 Å². The predicted molar refractivity (Wildman–Crippen MR) is 80.7 cm³/mol. The van der Waals surface area contributed by atoms with Crippen LogP contribution in [0.3, 0.4) is 0 Å². The molecule has 2 rings (SSSR count). The Morgan fingerprint density at radius 1 is 1.29 bits per heavy atom. The van der Waals surface area contributed by atoms with Gasteiger partial charge >= 0.3 is 0 Å². The lowest BCUT2D eigenvalue weighted by Gasteiger charge is -2.11. The zero-order valence-electron chi connectivity index (χ0n) is 11.8. The van der Waals surface area contributed by atoms with Crippen molar-refractivity contribution in [2.45, 2.75) is 13.5 Å². The highest BCUT2D eigenvalue weighted by Crippen LogP contribution is 2.15. The Kier molecular flexibility index (Phi) is 5.02.